The maximum atomic E-state index is 12.4. The molecule has 0 aliphatic heterocycles. The molecule has 0 aromatic carbocycles. The number of rotatable bonds is 17. The second kappa shape index (κ2) is 45.9. The molecule has 108 heavy (non-hydrogen) atoms. The van der Waals surface area contributed by atoms with Crippen molar-refractivity contribution in [2.45, 2.75) is 129 Å². The van der Waals surface area contributed by atoms with Crippen LogP contribution in [0.3, 0.4) is 0 Å². The van der Waals surface area contributed by atoms with Gasteiger partial charge >= 0.3 is 48.0 Å². The molecule has 0 amide bonds. The van der Waals surface area contributed by atoms with Crippen LogP contribution in [0, 0.1) is 19.3 Å². The SMILES string of the molecule is C#CCCCc1cn(C)nn1.CCOC(=O)c1c(C)nnn1C.CCOC(=O)c1nnn(C)c1C(F)(F)F.COC(=O)c1cn(C)nn1.COC(=O)c1nnn(C)c1C(=O)OC.Cn1cc(C(=O)O)nn1.Cn1cc(C(=O)OC(C)(C)C)nn1.Cn1cc(C2(N)CCCCC2)nn1.Cn1cc(CCCCO)nn1. The van der Waals surface area contributed by atoms with Gasteiger partial charge in [-0.2, -0.15) is 13.2 Å². The number of unbranched alkanes of at least 4 members (excludes halogenated alkanes) is 2. The van der Waals surface area contributed by atoms with E-state index in [1.54, 1.807) is 76.9 Å². The fourth-order valence-corrected chi connectivity index (χ4v) is 8.45. The Kier molecular flexibility index (Phi) is 39.1. The molecular weight excluding hydrogens is 1430 g/mol. The van der Waals surface area contributed by atoms with E-state index >= 15 is 0 Å². The molecule has 46 heteroatoms. The van der Waals surface area contributed by atoms with Crippen LogP contribution in [0.25, 0.3) is 0 Å². The number of aliphatic hydroxyl groups excluding tert-OH is 1. The predicted molar refractivity (Wildman–Crippen MR) is 368 cm³/mol. The zero-order valence-electron chi connectivity index (χ0n) is 63.4. The Labute approximate surface area is 617 Å². The smallest absolute Gasteiger partial charge is 0.435 e. The maximum Gasteiger partial charge on any atom is 0.435 e. The molecule has 43 nitrogen and oxygen atoms in total. The summed E-state index contributed by atoms with van der Waals surface area (Å²) in [5, 5.41) is 82.1. The van der Waals surface area contributed by atoms with E-state index in [0.29, 0.717) is 22.7 Å². The number of carboxylic acids is 1. The first kappa shape index (κ1) is 91.9. The number of methoxy groups -OCH3 is 3. The first-order valence-electron chi connectivity index (χ1n) is 32.6. The van der Waals surface area contributed by atoms with Gasteiger partial charge in [0.1, 0.15) is 11.3 Å². The molecule has 4 N–H and O–H groups in total. The maximum absolute atomic E-state index is 12.4. The number of nitrogens with zero attached hydrogens (tertiary/aromatic N) is 27. The first-order chi connectivity index (χ1) is 50.8. The Morgan fingerprint density at radius 1 is 0.519 bits per heavy atom. The van der Waals surface area contributed by atoms with E-state index in [4.69, 9.17) is 31.8 Å². The summed E-state index contributed by atoms with van der Waals surface area (Å²) in [5.74, 6) is -2.28. The third-order valence-electron chi connectivity index (χ3n) is 13.4. The summed E-state index contributed by atoms with van der Waals surface area (Å²) in [7, 11) is 18.5. The number of terminal acetylenes is 1. The van der Waals surface area contributed by atoms with Gasteiger partial charge in [0.15, 0.2) is 34.2 Å². The number of aryl methyl sites for hydroxylation is 12. The summed E-state index contributed by atoms with van der Waals surface area (Å²) >= 11 is 0. The van der Waals surface area contributed by atoms with Crippen LogP contribution in [0.4, 0.5) is 13.2 Å². The molecule has 0 radical (unpaired) electrons. The van der Waals surface area contributed by atoms with Gasteiger partial charge in [-0.15, -0.1) is 58.2 Å². The largest absolute Gasteiger partial charge is 0.476 e. The van der Waals surface area contributed by atoms with Crippen molar-refractivity contribution in [2.24, 2.45) is 69.2 Å². The van der Waals surface area contributed by atoms with Gasteiger partial charge in [-0.1, -0.05) is 66.2 Å². The van der Waals surface area contributed by atoms with E-state index in [1.165, 1.54) is 91.9 Å². The second-order valence-corrected chi connectivity index (χ2v) is 23.5. The van der Waals surface area contributed by atoms with Gasteiger partial charge in [0, 0.05) is 95.0 Å². The highest BCUT2D eigenvalue weighted by molar-refractivity contribution is 6.00. The molecule has 1 fully saturated rings. The molecule has 0 bridgehead atoms. The molecule has 0 unspecified atom stereocenters. The minimum Gasteiger partial charge on any atom is -0.476 e. The Morgan fingerprint density at radius 2 is 0.954 bits per heavy atom. The van der Waals surface area contributed by atoms with Gasteiger partial charge in [-0.25, -0.2) is 47.6 Å². The summed E-state index contributed by atoms with van der Waals surface area (Å²) in [6, 6.07) is 0. The molecule has 592 valence electrons. The number of aromatic carboxylic acids is 1. The number of aromatic nitrogens is 27. The minimum atomic E-state index is -4.68. The molecule has 9 aromatic heterocycles. The number of aliphatic hydroxyl groups is 1. The Hall–Kier alpha value is -12.2. The fraction of sp³-hybridized carbons (Fsp3) is 0.565. The zero-order chi connectivity index (χ0) is 81.5. The summed E-state index contributed by atoms with van der Waals surface area (Å²) in [4.78, 5) is 76.8. The van der Waals surface area contributed by atoms with Crippen LogP contribution in [0.1, 0.15) is 194 Å². The number of carboxylic acid groups (broad SMARTS) is 1. The number of carbonyl (C=O) groups is 7. The zero-order valence-corrected chi connectivity index (χ0v) is 63.4. The van der Waals surface area contributed by atoms with Crippen molar-refractivity contribution in [1.82, 2.24) is 135 Å². The molecule has 0 spiro atoms. The monoisotopic (exact) mass is 1530 g/mol. The Bertz CT molecular complexity index is 4250. The summed E-state index contributed by atoms with van der Waals surface area (Å²) < 4.78 is 77.3. The van der Waals surface area contributed by atoms with Crippen molar-refractivity contribution in [3.63, 3.8) is 0 Å². The van der Waals surface area contributed by atoms with E-state index in [9.17, 15) is 46.7 Å². The normalized spacial score (nSPS) is 11.6. The van der Waals surface area contributed by atoms with Crippen LogP contribution in [-0.4, -0.2) is 234 Å². The lowest BCUT2D eigenvalue weighted by Crippen LogP contribution is -2.39. The minimum absolute atomic E-state index is 0.0211. The average molecular weight is 1530 g/mol. The van der Waals surface area contributed by atoms with E-state index in [0.717, 1.165) is 80.2 Å². The van der Waals surface area contributed by atoms with Crippen molar-refractivity contribution in [1.29, 1.82) is 0 Å². The van der Waals surface area contributed by atoms with Crippen molar-refractivity contribution in [3.8, 4) is 12.3 Å². The number of carbonyl (C=O) groups excluding carboxylic acids is 6. The van der Waals surface area contributed by atoms with E-state index in [1.807, 2.05) is 39.7 Å². The van der Waals surface area contributed by atoms with Crippen molar-refractivity contribution in [3.05, 3.63) is 106 Å². The third-order valence-corrected chi connectivity index (χ3v) is 13.4. The van der Waals surface area contributed by atoms with Crippen LogP contribution < -0.4 is 5.73 Å². The van der Waals surface area contributed by atoms with Crippen molar-refractivity contribution < 1.29 is 85.4 Å². The number of hydrogen-bond acceptors (Lipinski definition) is 33. The summed E-state index contributed by atoms with van der Waals surface area (Å²) in [6.07, 6.45) is 21.8. The van der Waals surface area contributed by atoms with E-state index in [-0.39, 0.29) is 53.2 Å². The van der Waals surface area contributed by atoms with Crippen molar-refractivity contribution in [2.75, 3.05) is 41.2 Å². The predicted octanol–water partition coefficient (Wildman–Crippen LogP) is 2.42. The van der Waals surface area contributed by atoms with Gasteiger partial charge in [0.2, 0.25) is 11.4 Å². The van der Waals surface area contributed by atoms with Gasteiger partial charge < -0.3 is 44.4 Å². The van der Waals surface area contributed by atoms with E-state index < -0.39 is 59.0 Å². The van der Waals surface area contributed by atoms with Gasteiger partial charge in [0.25, 0.3) is 0 Å². The quantitative estimate of drug-likeness (QED) is 0.0510. The average Bonchev–Trinajstić information content (AvgIpc) is 1.66. The van der Waals surface area contributed by atoms with Crippen LogP contribution >= 0.6 is 0 Å². The summed E-state index contributed by atoms with van der Waals surface area (Å²) in [6.45, 7) is 11.0. The van der Waals surface area contributed by atoms with Crippen LogP contribution in [-0.2, 0) is 116 Å². The van der Waals surface area contributed by atoms with Crippen LogP contribution in [0.5, 0.6) is 0 Å². The van der Waals surface area contributed by atoms with Crippen molar-refractivity contribution >= 4 is 41.8 Å². The molecule has 0 atom stereocenters. The highest BCUT2D eigenvalue weighted by Crippen LogP contribution is 2.33. The number of halogens is 3. The van der Waals surface area contributed by atoms with Gasteiger partial charge in [-0.3, -0.25) is 28.1 Å². The lowest BCUT2D eigenvalue weighted by molar-refractivity contribution is -0.144. The first-order valence-corrected chi connectivity index (χ1v) is 32.6. The highest BCUT2D eigenvalue weighted by atomic mass is 19.4. The standard InChI is InChI=1S/C9H16N4.C8H13N3O2.C8H11N3.C7H8F3N3O2.C7H9N3O4.C7H11N3O2.C7H13N3O.C5H7N3O2.C4H5N3O2/c1-13-7-8(11-12-13)9(10)5-3-2-4-6-9;1-8(2,3)13-7(12)6-5-11(4)10-9-6;1-3-4-5-6-8-7-11(2)10-9-8;1-3-15-6(14)4-5(7(8,9)10)13(2)12-11-4;1-10-5(7(12)14-3)4(8-9-10)6(11)13-2;1-4-12-7(11)6-5(2)8-9-10(6)3;1-10-6-7(8-9-10)4-2-3-5-11;1-8-3-4(6-7-8)5(9)10-2;1-7-2-3(4(8)9)5-6-7/h7H,2-6,10H2,1H3;5H,1-4H3;1,7H,4-6H2,2H3;3H2,1-2H3;1-3H3;4H2,1-3H3;6,11H,2-5H2,1H3;3H,1-2H3;2H,1H3,(H,8,9). The lowest BCUT2D eigenvalue weighted by atomic mass is 9.80. The molecule has 1 saturated carbocycles. The molecule has 1 aliphatic carbocycles. The molecule has 9 aromatic rings. The number of nitrogens with two attached hydrogens (primary N) is 1. The third kappa shape index (κ3) is 32.5. The summed E-state index contributed by atoms with van der Waals surface area (Å²) in [5.41, 5.74) is 7.79. The Balaban J connectivity index is 0.000000414. The number of ether oxygens (including phenoxy) is 6. The van der Waals surface area contributed by atoms with Gasteiger partial charge in [0.05, 0.1) is 75.8 Å². The lowest BCUT2D eigenvalue weighted by Gasteiger charge is -2.31. The van der Waals surface area contributed by atoms with Crippen LogP contribution in [0.2, 0.25) is 0 Å². The van der Waals surface area contributed by atoms with Gasteiger partial charge in [-0.05, 0) is 86.5 Å². The fourth-order valence-electron chi connectivity index (χ4n) is 8.45. The molecule has 10 rings (SSSR count). The van der Waals surface area contributed by atoms with E-state index in [2.05, 4.69) is 118 Å². The van der Waals surface area contributed by atoms with Crippen LogP contribution in [0.15, 0.2) is 37.2 Å². The molecular formula is C62H93F3N28O15. The molecule has 0 saturated heterocycles. The Morgan fingerprint density at radius 3 is 1.35 bits per heavy atom. The molecule has 9 heterocycles. The molecule has 1 aliphatic rings. The number of hydrogen-bond donors (Lipinski definition) is 3. The highest BCUT2D eigenvalue weighted by Gasteiger charge is 2.41. The number of alkyl halides is 3. The topological polar surface area (TPSA) is 518 Å². The second-order valence-electron chi connectivity index (χ2n) is 23.5. The number of esters is 6.